The van der Waals surface area contributed by atoms with Crippen LogP contribution in [-0.2, 0) is 0 Å². The van der Waals surface area contributed by atoms with E-state index in [1.165, 1.54) is 56.2 Å². The molecule has 0 radical (unpaired) electrons. The van der Waals surface area contributed by atoms with Crippen LogP contribution >= 0.6 is 0 Å². The van der Waals surface area contributed by atoms with Gasteiger partial charge in [0, 0.05) is 63.9 Å². The average Bonchev–Trinajstić information content (AvgIpc) is 3.76. The maximum atomic E-state index is 5.83. The highest BCUT2D eigenvalue weighted by molar-refractivity contribution is 6.05. The van der Waals surface area contributed by atoms with Crippen LogP contribution in [0.2, 0.25) is 0 Å². The molecule has 0 aromatic heterocycles. The molecule has 63 heavy (non-hydrogen) atoms. The largest absolute Gasteiger partial charge is 0.454 e. The Labute approximate surface area is 373 Å². The minimum atomic E-state index is 0.220. The zero-order valence-corrected chi connectivity index (χ0v) is 37.6. The first kappa shape index (κ1) is 42.3. The van der Waals surface area contributed by atoms with Crippen molar-refractivity contribution in [2.24, 2.45) is 0 Å². The van der Waals surface area contributed by atoms with Crippen molar-refractivity contribution in [3.05, 3.63) is 213 Å². The molecule has 0 spiro atoms. The quantitative estimate of drug-likeness (QED) is 0.104. The molecule has 3 aliphatic rings. The molecule has 1 aliphatic heterocycles. The van der Waals surface area contributed by atoms with Crippen molar-refractivity contribution < 1.29 is 18.6 Å². The molecular formula is C57H56N4O2+2. The van der Waals surface area contributed by atoms with Crippen LogP contribution in [0.3, 0.4) is 0 Å². The summed E-state index contributed by atoms with van der Waals surface area (Å²) in [7, 11) is 16.6. The molecule has 314 valence electrons. The van der Waals surface area contributed by atoms with Crippen LogP contribution in [-0.4, -0.2) is 83.7 Å². The molecule has 8 rings (SSSR count). The average molecular weight is 829 g/mol. The SMILES string of the molecule is CN(C)c1ccc(C(=C2C=CC(=[N+](C)C)C=C2)c2ccc(/C=C/c3cc4c(cc3/C=C/c3ccc(C(=C5C=CC(=[N+](C)C)C=C5)c5ccc(N(C)C)cc5)cc3)OCO4)cc2)cc1. The molecule has 6 heteroatoms. The third-order valence-corrected chi connectivity index (χ3v) is 11.6. The first-order chi connectivity index (χ1) is 30.5. The number of hydrogen-bond donors (Lipinski definition) is 0. The highest BCUT2D eigenvalue weighted by Gasteiger charge is 2.18. The van der Waals surface area contributed by atoms with Crippen molar-refractivity contribution >= 4 is 58.2 Å². The van der Waals surface area contributed by atoms with E-state index in [-0.39, 0.29) is 6.79 Å². The van der Waals surface area contributed by atoms with Crippen molar-refractivity contribution in [2.45, 2.75) is 0 Å². The second-order valence-electron chi connectivity index (χ2n) is 16.8. The molecule has 0 atom stereocenters. The molecule has 6 nitrogen and oxygen atoms in total. The third-order valence-electron chi connectivity index (χ3n) is 11.6. The minimum absolute atomic E-state index is 0.220. The zero-order valence-electron chi connectivity index (χ0n) is 37.6. The number of hydrogen-bond acceptors (Lipinski definition) is 4. The Morgan fingerprint density at radius 3 is 1.05 bits per heavy atom. The summed E-state index contributed by atoms with van der Waals surface area (Å²) in [6, 6.07) is 39.4. The number of fused-ring (bicyclic) bond motifs is 1. The number of nitrogens with zero attached hydrogens (tertiary/aromatic N) is 4. The molecule has 5 aromatic rings. The highest BCUT2D eigenvalue weighted by atomic mass is 16.7. The van der Waals surface area contributed by atoms with Crippen LogP contribution in [0.15, 0.2) is 169 Å². The van der Waals surface area contributed by atoms with Crippen molar-refractivity contribution in [3.8, 4) is 11.5 Å². The monoisotopic (exact) mass is 828 g/mol. The second-order valence-corrected chi connectivity index (χ2v) is 16.8. The summed E-state index contributed by atoms with van der Waals surface area (Å²) in [6.07, 6.45) is 26.2. The fraction of sp³-hybridized carbons (Fsp3) is 0.158. The molecule has 1 heterocycles. The lowest BCUT2D eigenvalue weighted by atomic mass is 9.90. The van der Waals surface area contributed by atoms with E-state index < -0.39 is 0 Å². The maximum absolute atomic E-state index is 5.83. The van der Waals surface area contributed by atoms with Gasteiger partial charge in [0.2, 0.25) is 6.79 Å². The van der Waals surface area contributed by atoms with Crippen LogP contribution in [0.4, 0.5) is 11.4 Å². The fourth-order valence-corrected chi connectivity index (χ4v) is 7.86. The van der Waals surface area contributed by atoms with Gasteiger partial charge in [-0.05, 0) is 128 Å². The molecule has 0 unspecified atom stereocenters. The first-order valence-electron chi connectivity index (χ1n) is 21.4. The number of allylic oxidation sites excluding steroid dienone is 10. The van der Waals surface area contributed by atoms with E-state index in [9.17, 15) is 0 Å². The smallest absolute Gasteiger partial charge is 0.231 e. The Bertz CT molecular complexity index is 2600. The van der Waals surface area contributed by atoms with Gasteiger partial charge in [0.15, 0.2) is 22.9 Å². The van der Waals surface area contributed by atoms with Crippen molar-refractivity contribution in [1.82, 2.24) is 0 Å². The van der Waals surface area contributed by atoms with Gasteiger partial charge in [-0.15, -0.1) is 0 Å². The lowest BCUT2D eigenvalue weighted by molar-refractivity contribution is -0.462. The van der Waals surface area contributed by atoms with E-state index in [0.29, 0.717) is 0 Å². The van der Waals surface area contributed by atoms with Gasteiger partial charge in [-0.2, -0.15) is 0 Å². The normalized spacial score (nSPS) is 14.0. The Morgan fingerprint density at radius 1 is 0.429 bits per heavy atom. The topological polar surface area (TPSA) is 31.0 Å². The van der Waals surface area contributed by atoms with Crippen LogP contribution < -0.4 is 19.3 Å². The van der Waals surface area contributed by atoms with Gasteiger partial charge in [-0.25, -0.2) is 9.15 Å². The lowest BCUT2D eigenvalue weighted by Gasteiger charge is -2.16. The first-order valence-corrected chi connectivity index (χ1v) is 21.4. The summed E-state index contributed by atoms with van der Waals surface area (Å²) in [5.41, 5.74) is 18.4. The number of benzene rings is 5. The van der Waals surface area contributed by atoms with Gasteiger partial charge >= 0.3 is 0 Å². The summed E-state index contributed by atoms with van der Waals surface area (Å²) in [5.74, 6) is 1.51. The fourth-order valence-electron chi connectivity index (χ4n) is 7.86. The van der Waals surface area contributed by atoms with Gasteiger partial charge in [0.25, 0.3) is 0 Å². The third kappa shape index (κ3) is 9.71. The number of anilines is 2. The zero-order chi connectivity index (χ0) is 44.0. The standard InChI is InChI=1S/C57H56N4O2/c1-58(2)50-29-21-44(22-30-50)56(45-23-31-51(32-24-45)59(3)4)42-15-9-40(10-16-42)13-19-48-37-54-55(63-39-62-54)38-49(48)20-14-41-11-17-43(18-12-41)57(46-25-33-52(34-26-46)60(5)6)47-27-35-53(36-28-47)61(7)8/h9-38H,39H2,1-8H3/q+2/b19-13+,20-14+. The van der Waals surface area contributed by atoms with Crippen LogP contribution in [0, 0.1) is 0 Å². The summed E-state index contributed by atoms with van der Waals surface area (Å²) < 4.78 is 15.9. The number of ether oxygens (including phenoxy) is 2. The highest BCUT2D eigenvalue weighted by Crippen LogP contribution is 2.37. The Morgan fingerprint density at radius 2 is 0.746 bits per heavy atom. The maximum Gasteiger partial charge on any atom is 0.231 e. The number of rotatable bonds is 10. The van der Waals surface area contributed by atoms with E-state index >= 15 is 0 Å². The van der Waals surface area contributed by atoms with Crippen LogP contribution in [0.25, 0.3) is 35.5 Å². The van der Waals surface area contributed by atoms with Crippen molar-refractivity contribution in [3.63, 3.8) is 0 Å². The van der Waals surface area contributed by atoms with Gasteiger partial charge in [-0.1, -0.05) is 97.1 Å². The second kappa shape index (κ2) is 18.7. The lowest BCUT2D eigenvalue weighted by Crippen LogP contribution is -2.10. The van der Waals surface area contributed by atoms with E-state index in [2.05, 4.69) is 257 Å². The molecule has 0 N–H and O–H groups in total. The summed E-state index contributed by atoms with van der Waals surface area (Å²) in [4.78, 5) is 4.26. The van der Waals surface area contributed by atoms with E-state index in [1.54, 1.807) is 0 Å². The molecule has 0 fully saturated rings. The Balaban J connectivity index is 1.07. The van der Waals surface area contributed by atoms with Crippen molar-refractivity contribution in [1.29, 1.82) is 0 Å². The van der Waals surface area contributed by atoms with Gasteiger partial charge in [0.05, 0.1) is 0 Å². The summed E-state index contributed by atoms with van der Waals surface area (Å²) in [6.45, 7) is 0.220. The van der Waals surface area contributed by atoms with Crippen LogP contribution in [0.1, 0.15) is 44.5 Å². The molecule has 0 saturated heterocycles. The van der Waals surface area contributed by atoms with Crippen molar-refractivity contribution in [2.75, 3.05) is 73.0 Å². The molecular weight excluding hydrogens is 773 g/mol. The van der Waals surface area contributed by atoms with Crippen LogP contribution in [0.5, 0.6) is 11.5 Å². The predicted molar refractivity (Wildman–Crippen MR) is 268 cm³/mol. The predicted octanol–water partition coefficient (Wildman–Crippen LogP) is 11.2. The summed E-state index contributed by atoms with van der Waals surface area (Å²) >= 11 is 0. The Hall–Kier alpha value is -7.44. The molecule has 2 aliphatic carbocycles. The molecule has 0 saturated carbocycles. The summed E-state index contributed by atoms with van der Waals surface area (Å²) in [5, 5.41) is 0. The molecule has 0 amide bonds. The van der Waals surface area contributed by atoms with Gasteiger partial charge in [-0.3, -0.25) is 0 Å². The van der Waals surface area contributed by atoms with E-state index in [4.69, 9.17) is 9.47 Å². The minimum Gasteiger partial charge on any atom is -0.454 e. The van der Waals surface area contributed by atoms with E-state index in [1.807, 2.05) is 0 Å². The molecule has 5 aromatic carbocycles. The van der Waals surface area contributed by atoms with Gasteiger partial charge < -0.3 is 19.3 Å². The van der Waals surface area contributed by atoms with Gasteiger partial charge in [0.1, 0.15) is 28.2 Å². The van der Waals surface area contributed by atoms with E-state index in [0.717, 1.165) is 44.9 Å². The molecule has 0 bridgehead atoms. The Kier molecular flexibility index (Phi) is 12.5.